The van der Waals surface area contributed by atoms with Crippen LogP contribution in [0.4, 0.5) is 4.39 Å². The zero-order valence-corrected chi connectivity index (χ0v) is 11.3. The summed E-state index contributed by atoms with van der Waals surface area (Å²) in [6.45, 7) is 1.03. The van der Waals surface area contributed by atoms with Crippen molar-refractivity contribution in [2.45, 2.75) is 13.0 Å². The molecule has 3 rings (SSSR count). The van der Waals surface area contributed by atoms with E-state index in [9.17, 15) is 9.18 Å². The number of nitriles is 1. The largest absolute Gasteiger partial charge is 0.334 e. The molecule has 1 amide bonds. The number of benzene rings is 2. The number of carbonyl (C=O) groups excluding carboxylic acids is 1. The normalized spacial score (nSPS) is 13.7. The van der Waals surface area contributed by atoms with Crippen LogP contribution in [0.25, 0.3) is 0 Å². The topological polar surface area (TPSA) is 44.1 Å². The van der Waals surface area contributed by atoms with Gasteiger partial charge in [0.25, 0.3) is 5.91 Å². The molecule has 104 valence electrons. The van der Waals surface area contributed by atoms with Crippen LogP contribution in [-0.4, -0.2) is 17.4 Å². The standard InChI is InChI=1S/C17H13FN2O/c18-16-6-5-12(9-14(16)10-19)11-20-8-7-13-3-1-2-4-15(13)17(20)21/h1-6,9H,7-8,11H2. The number of fused-ring (bicyclic) bond motifs is 1. The summed E-state index contributed by atoms with van der Waals surface area (Å²) < 4.78 is 13.3. The number of carbonyl (C=O) groups is 1. The Morgan fingerprint density at radius 1 is 1.24 bits per heavy atom. The molecule has 2 aromatic rings. The SMILES string of the molecule is N#Cc1cc(CN2CCc3ccccc3C2=O)ccc1F. The minimum atomic E-state index is -0.531. The third kappa shape index (κ3) is 2.50. The Kier molecular flexibility index (Phi) is 3.41. The highest BCUT2D eigenvalue weighted by Gasteiger charge is 2.23. The average Bonchev–Trinajstić information content (AvgIpc) is 2.52. The van der Waals surface area contributed by atoms with E-state index in [1.807, 2.05) is 30.3 Å². The van der Waals surface area contributed by atoms with Crippen molar-refractivity contribution in [1.82, 2.24) is 4.90 Å². The molecule has 0 radical (unpaired) electrons. The molecule has 0 atom stereocenters. The van der Waals surface area contributed by atoms with E-state index in [4.69, 9.17) is 5.26 Å². The summed E-state index contributed by atoms with van der Waals surface area (Å²) >= 11 is 0. The summed E-state index contributed by atoms with van der Waals surface area (Å²) in [6.07, 6.45) is 0.814. The quantitative estimate of drug-likeness (QED) is 0.849. The molecule has 0 bridgehead atoms. The molecule has 0 N–H and O–H groups in total. The molecule has 0 spiro atoms. The Labute approximate surface area is 122 Å². The van der Waals surface area contributed by atoms with Gasteiger partial charge in [-0.3, -0.25) is 4.79 Å². The Balaban J connectivity index is 1.84. The van der Waals surface area contributed by atoms with Crippen molar-refractivity contribution in [2.24, 2.45) is 0 Å². The second-order valence-electron chi connectivity index (χ2n) is 5.06. The predicted molar refractivity (Wildman–Crippen MR) is 76.0 cm³/mol. The minimum Gasteiger partial charge on any atom is -0.334 e. The molecule has 0 saturated heterocycles. The van der Waals surface area contributed by atoms with Crippen molar-refractivity contribution in [2.75, 3.05) is 6.54 Å². The third-order valence-corrected chi connectivity index (χ3v) is 3.71. The van der Waals surface area contributed by atoms with Crippen molar-refractivity contribution in [3.63, 3.8) is 0 Å². The molecule has 0 aliphatic carbocycles. The maximum atomic E-state index is 13.3. The van der Waals surface area contributed by atoms with Gasteiger partial charge in [-0.15, -0.1) is 0 Å². The van der Waals surface area contributed by atoms with E-state index in [1.165, 1.54) is 12.1 Å². The van der Waals surface area contributed by atoms with Crippen molar-refractivity contribution >= 4 is 5.91 Å². The first-order valence-electron chi connectivity index (χ1n) is 6.75. The fourth-order valence-electron chi connectivity index (χ4n) is 2.60. The van der Waals surface area contributed by atoms with Gasteiger partial charge in [-0.2, -0.15) is 5.26 Å². The number of hydrogen-bond donors (Lipinski definition) is 0. The Morgan fingerprint density at radius 3 is 2.86 bits per heavy atom. The molecule has 0 aromatic heterocycles. The zero-order valence-electron chi connectivity index (χ0n) is 11.3. The smallest absolute Gasteiger partial charge is 0.254 e. The van der Waals surface area contributed by atoms with Gasteiger partial charge >= 0.3 is 0 Å². The Morgan fingerprint density at radius 2 is 2.05 bits per heavy atom. The van der Waals surface area contributed by atoms with Crippen LogP contribution in [0.1, 0.15) is 27.0 Å². The summed E-state index contributed by atoms with van der Waals surface area (Å²) in [6, 6.07) is 13.8. The number of rotatable bonds is 2. The third-order valence-electron chi connectivity index (χ3n) is 3.71. The van der Waals surface area contributed by atoms with Gasteiger partial charge in [0.2, 0.25) is 0 Å². The van der Waals surface area contributed by atoms with Crippen LogP contribution in [-0.2, 0) is 13.0 Å². The van der Waals surface area contributed by atoms with E-state index < -0.39 is 5.82 Å². The molecule has 2 aromatic carbocycles. The highest BCUT2D eigenvalue weighted by molar-refractivity contribution is 5.96. The van der Waals surface area contributed by atoms with E-state index in [0.29, 0.717) is 13.1 Å². The molecule has 21 heavy (non-hydrogen) atoms. The molecule has 3 nitrogen and oxygen atoms in total. The summed E-state index contributed by atoms with van der Waals surface area (Å²) in [4.78, 5) is 14.2. The van der Waals surface area contributed by atoms with E-state index >= 15 is 0 Å². The fraction of sp³-hybridized carbons (Fsp3) is 0.176. The highest BCUT2D eigenvalue weighted by atomic mass is 19.1. The summed E-state index contributed by atoms with van der Waals surface area (Å²) in [5.41, 5.74) is 2.57. The van der Waals surface area contributed by atoms with Gasteiger partial charge in [0, 0.05) is 18.7 Å². The highest BCUT2D eigenvalue weighted by Crippen LogP contribution is 2.21. The van der Waals surface area contributed by atoms with Crippen LogP contribution in [0.5, 0.6) is 0 Å². The number of nitrogens with zero attached hydrogens (tertiary/aromatic N) is 2. The predicted octanol–water partition coefficient (Wildman–Crippen LogP) is 2.90. The molecule has 4 heteroatoms. The number of amides is 1. The van der Waals surface area contributed by atoms with Crippen molar-refractivity contribution < 1.29 is 9.18 Å². The first-order chi connectivity index (χ1) is 10.2. The van der Waals surface area contributed by atoms with Crippen molar-refractivity contribution in [1.29, 1.82) is 5.26 Å². The maximum Gasteiger partial charge on any atom is 0.254 e. The molecule has 1 aliphatic rings. The summed E-state index contributed by atoms with van der Waals surface area (Å²) in [5, 5.41) is 8.86. The Bertz CT molecular complexity index is 749. The van der Waals surface area contributed by atoms with E-state index in [2.05, 4.69) is 0 Å². The monoisotopic (exact) mass is 280 g/mol. The number of halogens is 1. The summed E-state index contributed by atoms with van der Waals surface area (Å²) in [7, 11) is 0. The molecule has 0 unspecified atom stereocenters. The van der Waals surface area contributed by atoms with E-state index in [0.717, 1.165) is 23.1 Å². The minimum absolute atomic E-state index is 0.0114. The van der Waals surface area contributed by atoms with Crippen LogP contribution in [0.3, 0.4) is 0 Å². The second kappa shape index (κ2) is 5.37. The van der Waals surface area contributed by atoms with Gasteiger partial charge in [-0.25, -0.2) is 4.39 Å². The van der Waals surface area contributed by atoms with Crippen molar-refractivity contribution in [3.05, 3.63) is 70.5 Å². The van der Waals surface area contributed by atoms with Crippen LogP contribution >= 0.6 is 0 Å². The molecule has 1 aliphatic heterocycles. The second-order valence-corrected chi connectivity index (χ2v) is 5.06. The van der Waals surface area contributed by atoms with Crippen LogP contribution in [0.15, 0.2) is 42.5 Å². The first kappa shape index (κ1) is 13.3. The van der Waals surface area contributed by atoms with Crippen LogP contribution < -0.4 is 0 Å². The van der Waals surface area contributed by atoms with Gasteiger partial charge in [0.05, 0.1) is 5.56 Å². The van der Waals surface area contributed by atoms with Crippen molar-refractivity contribution in [3.8, 4) is 6.07 Å². The van der Waals surface area contributed by atoms with Gasteiger partial charge in [0.1, 0.15) is 11.9 Å². The van der Waals surface area contributed by atoms with E-state index in [1.54, 1.807) is 11.0 Å². The van der Waals surface area contributed by atoms with Crippen LogP contribution in [0, 0.1) is 17.1 Å². The van der Waals surface area contributed by atoms with Gasteiger partial charge in [-0.1, -0.05) is 24.3 Å². The maximum absolute atomic E-state index is 13.3. The zero-order chi connectivity index (χ0) is 14.8. The fourth-order valence-corrected chi connectivity index (χ4v) is 2.60. The molecular weight excluding hydrogens is 267 g/mol. The van der Waals surface area contributed by atoms with Crippen LogP contribution in [0.2, 0.25) is 0 Å². The summed E-state index contributed by atoms with van der Waals surface area (Å²) in [5.74, 6) is -0.545. The van der Waals surface area contributed by atoms with E-state index in [-0.39, 0.29) is 11.5 Å². The Hall–Kier alpha value is -2.67. The molecular formula is C17H13FN2O. The lowest BCUT2D eigenvalue weighted by atomic mass is 9.98. The molecule has 0 fully saturated rings. The average molecular weight is 280 g/mol. The lowest BCUT2D eigenvalue weighted by molar-refractivity contribution is 0.0727. The first-order valence-corrected chi connectivity index (χ1v) is 6.75. The lowest BCUT2D eigenvalue weighted by Gasteiger charge is -2.28. The van der Waals surface area contributed by atoms with Gasteiger partial charge < -0.3 is 4.90 Å². The lowest BCUT2D eigenvalue weighted by Crippen LogP contribution is -2.37. The molecule has 1 heterocycles. The molecule has 0 saturated carbocycles. The van der Waals surface area contributed by atoms with Gasteiger partial charge in [-0.05, 0) is 35.7 Å². The van der Waals surface area contributed by atoms with Gasteiger partial charge in [0.15, 0.2) is 0 Å². The number of hydrogen-bond acceptors (Lipinski definition) is 2.